The summed E-state index contributed by atoms with van der Waals surface area (Å²) in [5, 5.41) is 3.35. The van der Waals surface area contributed by atoms with Crippen LogP contribution in [0.25, 0.3) is 0 Å². The maximum atomic E-state index is 13.6. The van der Waals surface area contributed by atoms with E-state index in [1.807, 2.05) is 18.2 Å². The minimum Gasteiger partial charge on any atom is -0.497 e. The zero-order chi connectivity index (χ0) is 15.9. The molecule has 0 amide bonds. The minimum absolute atomic E-state index is 0.251. The quantitative estimate of drug-likeness (QED) is 0.655. The van der Waals surface area contributed by atoms with Gasteiger partial charge >= 0.3 is 0 Å². The van der Waals surface area contributed by atoms with Crippen molar-refractivity contribution >= 4 is 23.2 Å². The Labute approximate surface area is 133 Å². The largest absolute Gasteiger partial charge is 0.497 e. The standard InChI is InChI=1S/C16H17ClFN3O/c1-22-12-5-2-4-11(10-12)21-16(19)20-9-8-13-14(17)6-3-7-15(13)18/h2-7,10H,8-9H2,1H3,(H3,19,20,21). The monoisotopic (exact) mass is 321 g/mol. The molecule has 0 spiro atoms. The van der Waals surface area contributed by atoms with Crippen LogP contribution in [0.5, 0.6) is 5.75 Å². The Hall–Kier alpha value is -2.27. The first-order valence-electron chi connectivity index (χ1n) is 6.74. The fourth-order valence-corrected chi connectivity index (χ4v) is 2.21. The molecule has 2 rings (SSSR count). The van der Waals surface area contributed by atoms with Crippen LogP contribution in [-0.2, 0) is 6.42 Å². The highest BCUT2D eigenvalue weighted by molar-refractivity contribution is 6.31. The highest BCUT2D eigenvalue weighted by Crippen LogP contribution is 2.19. The fraction of sp³-hybridized carbons (Fsp3) is 0.188. The topological polar surface area (TPSA) is 59.6 Å². The van der Waals surface area contributed by atoms with Gasteiger partial charge in [0.05, 0.1) is 7.11 Å². The molecule has 0 atom stereocenters. The van der Waals surface area contributed by atoms with E-state index in [2.05, 4.69) is 10.3 Å². The van der Waals surface area contributed by atoms with Gasteiger partial charge in [-0.2, -0.15) is 0 Å². The summed E-state index contributed by atoms with van der Waals surface area (Å²) in [6.07, 6.45) is 0.381. The summed E-state index contributed by atoms with van der Waals surface area (Å²) in [6, 6.07) is 11.9. The number of hydrogen-bond acceptors (Lipinski definition) is 2. The molecule has 0 bridgehead atoms. The first-order chi connectivity index (χ1) is 10.6. The fourth-order valence-electron chi connectivity index (χ4n) is 1.95. The van der Waals surface area contributed by atoms with Crippen molar-refractivity contribution in [2.24, 2.45) is 10.7 Å². The van der Waals surface area contributed by atoms with Gasteiger partial charge in [-0.3, -0.25) is 4.99 Å². The summed E-state index contributed by atoms with van der Waals surface area (Å²) in [6.45, 7) is 0.337. The molecular formula is C16H17ClFN3O. The van der Waals surface area contributed by atoms with Crippen molar-refractivity contribution in [1.29, 1.82) is 0 Å². The van der Waals surface area contributed by atoms with Crippen molar-refractivity contribution in [1.82, 2.24) is 0 Å². The Bertz CT molecular complexity index is 656. The van der Waals surface area contributed by atoms with E-state index in [1.54, 1.807) is 25.3 Å². The molecule has 0 heterocycles. The SMILES string of the molecule is COc1cccc(NC(N)=NCCc2c(F)cccc2Cl)c1. The van der Waals surface area contributed by atoms with E-state index in [0.29, 0.717) is 23.6 Å². The molecule has 3 N–H and O–H groups in total. The molecule has 2 aromatic rings. The summed E-state index contributed by atoms with van der Waals surface area (Å²) >= 11 is 5.96. The zero-order valence-corrected chi connectivity index (χ0v) is 12.9. The van der Waals surface area contributed by atoms with E-state index in [9.17, 15) is 4.39 Å². The first kappa shape index (κ1) is 16.1. The number of guanidine groups is 1. The molecule has 4 nitrogen and oxygen atoms in total. The van der Waals surface area contributed by atoms with E-state index in [-0.39, 0.29) is 11.8 Å². The number of methoxy groups -OCH3 is 1. The number of nitrogens with two attached hydrogens (primary N) is 1. The maximum absolute atomic E-state index is 13.6. The third kappa shape index (κ3) is 4.36. The second kappa shape index (κ2) is 7.66. The number of halogens is 2. The number of aliphatic imine (C=N–C) groups is 1. The second-order valence-electron chi connectivity index (χ2n) is 4.57. The van der Waals surface area contributed by atoms with Gasteiger partial charge in [0.2, 0.25) is 0 Å². The van der Waals surface area contributed by atoms with Crippen LogP contribution in [0.15, 0.2) is 47.5 Å². The lowest BCUT2D eigenvalue weighted by atomic mass is 10.1. The van der Waals surface area contributed by atoms with Crippen LogP contribution in [0.1, 0.15) is 5.56 Å². The number of ether oxygens (including phenoxy) is 1. The van der Waals surface area contributed by atoms with Crippen molar-refractivity contribution < 1.29 is 9.13 Å². The van der Waals surface area contributed by atoms with Gasteiger partial charge in [0, 0.05) is 28.9 Å². The molecule has 116 valence electrons. The van der Waals surface area contributed by atoms with Crippen LogP contribution in [0.2, 0.25) is 5.02 Å². The highest BCUT2D eigenvalue weighted by atomic mass is 35.5. The molecule has 0 fully saturated rings. The van der Waals surface area contributed by atoms with Crippen molar-refractivity contribution in [3.63, 3.8) is 0 Å². The van der Waals surface area contributed by atoms with Crippen LogP contribution < -0.4 is 15.8 Å². The molecule has 0 aliphatic carbocycles. The summed E-state index contributed by atoms with van der Waals surface area (Å²) in [5.41, 5.74) is 7.02. The molecule has 0 unspecified atom stereocenters. The third-order valence-corrected chi connectivity index (χ3v) is 3.40. The van der Waals surface area contributed by atoms with Gasteiger partial charge in [-0.15, -0.1) is 0 Å². The van der Waals surface area contributed by atoms with Gasteiger partial charge in [0.1, 0.15) is 11.6 Å². The van der Waals surface area contributed by atoms with Crippen molar-refractivity contribution in [3.05, 3.63) is 58.9 Å². The third-order valence-electron chi connectivity index (χ3n) is 3.05. The summed E-state index contributed by atoms with van der Waals surface area (Å²) < 4.78 is 18.7. The van der Waals surface area contributed by atoms with Gasteiger partial charge in [-0.1, -0.05) is 23.7 Å². The zero-order valence-electron chi connectivity index (χ0n) is 12.1. The Balaban J connectivity index is 1.95. The molecular weight excluding hydrogens is 305 g/mol. The Morgan fingerprint density at radius 2 is 2.09 bits per heavy atom. The van der Waals surface area contributed by atoms with E-state index < -0.39 is 0 Å². The van der Waals surface area contributed by atoms with E-state index in [1.165, 1.54) is 6.07 Å². The van der Waals surface area contributed by atoms with Crippen LogP contribution in [0, 0.1) is 5.82 Å². The molecule has 0 aliphatic rings. The van der Waals surface area contributed by atoms with Gasteiger partial charge in [0.15, 0.2) is 5.96 Å². The number of anilines is 1. The van der Waals surface area contributed by atoms with Crippen molar-refractivity contribution in [3.8, 4) is 5.75 Å². The van der Waals surface area contributed by atoms with Crippen LogP contribution in [0.4, 0.5) is 10.1 Å². The van der Waals surface area contributed by atoms with Crippen molar-refractivity contribution in [2.75, 3.05) is 19.0 Å². The molecule has 22 heavy (non-hydrogen) atoms. The Morgan fingerprint density at radius 1 is 1.32 bits per heavy atom. The first-order valence-corrected chi connectivity index (χ1v) is 7.12. The lowest BCUT2D eigenvalue weighted by Crippen LogP contribution is -2.23. The van der Waals surface area contributed by atoms with Crippen LogP contribution in [0.3, 0.4) is 0 Å². The smallest absolute Gasteiger partial charge is 0.193 e. The average Bonchev–Trinajstić information content (AvgIpc) is 2.50. The Morgan fingerprint density at radius 3 is 2.82 bits per heavy atom. The number of rotatable bonds is 5. The van der Waals surface area contributed by atoms with Crippen LogP contribution >= 0.6 is 11.6 Å². The predicted octanol–water partition coefficient (Wildman–Crippen LogP) is 3.46. The molecule has 2 aromatic carbocycles. The van der Waals surface area contributed by atoms with Crippen molar-refractivity contribution in [2.45, 2.75) is 6.42 Å². The summed E-state index contributed by atoms with van der Waals surface area (Å²) in [4.78, 5) is 4.17. The van der Waals surface area contributed by atoms with Gasteiger partial charge < -0.3 is 15.8 Å². The molecule has 0 aliphatic heterocycles. The number of nitrogens with one attached hydrogen (secondary N) is 1. The molecule has 0 radical (unpaired) electrons. The molecule has 6 heteroatoms. The molecule has 0 saturated carbocycles. The summed E-state index contributed by atoms with van der Waals surface area (Å²) in [7, 11) is 1.59. The maximum Gasteiger partial charge on any atom is 0.193 e. The van der Waals surface area contributed by atoms with Crippen LogP contribution in [-0.4, -0.2) is 19.6 Å². The van der Waals surface area contributed by atoms with Gasteiger partial charge in [-0.05, 0) is 30.7 Å². The minimum atomic E-state index is -0.331. The Kier molecular flexibility index (Phi) is 5.61. The number of nitrogens with zero attached hydrogens (tertiary/aromatic N) is 1. The molecule has 0 saturated heterocycles. The number of hydrogen-bond donors (Lipinski definition) is 2. The summed E-state index contributed by atoms with van der Waals surface area (Å²) in [5.74, 6) is 0.638. The number of benzene rings is 2. The van der Waals surface area contributed by atoms with E-state index >= 15 is 0 Å². The lowest BCUT2D eigenvalue weighted by molar-refractivity contribution is 0.415. The van der Waals surface area contributed by atoms with E-state index in [4.69, 9.17) is 22.1 Å². The van der Waals surface area contributed by atoms with Gasteiger partial charge in [0.25, 0.3) is 0 Å². The normalized spacial score (nSPS) is 11.3. The van der Waals surface area contributed by atoms with E-state index in [0.717, 1.165) is 11.4 Å². The average molecular weight is 322 g/mol. The lowest BCUT2D eigenvalue weighted by Gasteiger charge is -2.08. The second-order valence-corrected chi connectivity index (χ2v) is 4.98. The van der Waals surface area contributed by atoms with Gasteiger partial charge in [-0.25, -0.2) is 4.39 Å². The highest BCUT2D eigenvalue weighted by Gasteiger charge is 2.06. The predicted molar refractivity (Wildman–Crippen MR) is 88.2 cm³/mol. The molecule has 0 aromatic heterocycles.